The van der Waals surface area contributed by atoms with Crippen molar-refractivity contribution < 1.29 is 4.79 Å². The van der Waals surface area contributed by atoms with Gasteiger partial charge in [0.05, 0.1) is 11.4 Å². The number of nitrogens with one attached hydrogen (secondary N) is 2. The molecule has 2 atom stereocenters. The number of halogens is 1. The Morgan fingerprint density at radius 3 is 2.91 bits per heavy atom. The summed E-state index contributed by atoms with van der Waals surface area (Å²) in [7, 11) is 0. The van der Waals surface area contributed by atoms with Crippen molar-refractivity contribution in [2.75, 3.05) is 11.9 Å². The van der Waals surface area contributed by atoms with Crippen LogP contribution in [0.15, 0.2) is 42.7 Å². The molecule has 2 heterocycles. The molecule has 1 aliphatic heterocycles. The molecule has 0 spiro atoms. The number of hydrogen-bond donors (Lipinski definition) is 2. The van der Waals surface area contributed by atoms with Crippen LogP contribution >= 0.6 is 12.4 Å². The average Bonchev–Trinajstić information content (AvgIpc) is 3.02. The largest absolute Gasteiger partial charge is 0.324 e. The topological polar surface area (TPSA) is 59.0 Å². The number of hydrogen-bond acceptors (Lipinski definition) is 3. The molecule has 0 unspecified atom stereocenters. The predicted octanol–water partition coefficient (Wildman–Crippen LogP) is 2.62. The summed E-state index contributed by atoms with van der Waals surface area (Å²) in [6.07, 6.45) is 5.38. The Hall–Kier alpha value is -1.85. The fraction of sp³-hybridized carbons (Fsp3) is 0.375. The van der Waals surface area contributed by atoms with Crippen molar-refractivity contribution >= 4 is 24.0 Å². The van der Waals surface area contributed by atoms with Crippen molar-refractivity contribution in [1.29, 1.82) is 0 Å². The third-order valence-corrected chi connectivity index (χ3v) is 3.91. The van der Waals surface area contributed by atoms with Crippen LogP contribution in [0, 0.1) is 5.92 Å². The normalized spacial score (nSPS) is 21.0. The number of rotatable bonds is 3. The van der Waals surface area contributed by atoms with E-state index >= 15 is 0 Å². The third-order valence-electron chi connectivity index (χ3n) is 3.91. The van der Waals surface area contributed by atoms with E-state index in [4.69, 9.17) is 0 Å². The Morgan fingerprint density at radius 2 is 2.18 bits per heavy atom. The number of aromatic nitrogens is 2. The zero-order valence-electron chi connectivity index (χ0n) is 12.5. The van der Waals surface area contributed by atoms with Crippen LogP contribution in [-0.2, 0) is 4.79 Å². The molecule has 1 aromatic carbocycles. The first-order valence-corrected chi connectivity index (χ1v) is 7.37. The van der Waals surface area contributed by atoms with E-state index in [-0.39, 0.29) is 24.2 Å². The van der Waals surface area contributed by atoms with E-state index in [1.54, 1.807) is 10.9 Å². The molecular weight excluding hydrogens is 300 g/mol. The summed E-state index contributed by atoms with van der Waals surface area (Å²) in [5, 5.41) is 10.7. The van der Waals surface area contributed by atoms with Gasteiger partial charge in [-0.25, -0.2) is 4.68 Å². The second kappa shape index (κ2) is 7.42. The lowest BCUT2D eigenvalue weighted by atomic mass is 9.92. The number of carbonyl (C=O) groups is 1. The molecule has 2 aromatic rings. The molecule has 1 aliphatic rings. The van der Waals surface area contributed by atoms with Gasteiger partial charge in [0, 0.05) is 24.4 Å². The number of para-hydroxylation sites is 2. The molecule has 22 heavy (non-hydrogen) atoms. The Labute approximate surface area is 136 Å². The Kier molecular flexibility index (Phi) is 5.57. The van der Waals surface area contributed by atoms with Crippen molar-refractivity contribution in [3.05, 3.63) is 42.7 Å². The fourth-order valence-electron chi connectivity index (χ4n) is 2.80. The summed E-state index contributed by atoms with van der Waals surface area (Å²) in [4.78, 5) is 12.5. The van der Waals surface area contributed by atoms with Crippen molar-refractivity contribution in [3.8, 4) is 5.69 Å². The molecule has 0 radical (unpaired) electrons. The first kappa shape index (κ1) is 16.5. The van der Waals surface area contributed by atoms with Crippen LogP contribution in [0.5, 0.6) is 0 Å². The summed E-state index contributed by atoms with van der Waals surface area (Å²) in [6.45, 7) is 3.02. The van der Waals surface area contributed by atoms with Crippen molar-refractivity contribution in [3.63, 3.8) is 0 Å². The highest BCUT2D eigenvalue weighted by Crippen LogP contribution is 2.22. The molecule has 118 valence electrons. The average molecular weight is 321 g/mol. The minimum atomic E-state index is 0. The molecule has 0 aliphatic carbocycles. The number of anilines is 1. The number of amides is 1. The fourth-order valence-corrected chi connectivity index (χ4v) is 2.80. The van der Waals surface area contributed by atoms with E-state index in [1.165, 1.54) is 0 Å². The Morgan fingerprint density at radius 1 is 1.36 bits per heavy atom. The molecule has 6 heteroatoms. The van der Waals surface area contributed by atoms with Crippen molar-refractivity contribution in [1.82, 2.24) is 15.1 Å². The van der Waals surface area contributed by atoms with Gasteiger partial charge in [0.1, 0.15) is 0 Å². The SMILES string of the molecule is C[C@H]1C[C@@H](C(=O)Nc2ccccc2-n2cccn2)CCN1.Cl. The van der Waals surface area contributed by atoms with Gasteiger partial charge in [0.25, 0.3) is 0 Å². The molecule has 3 rings (SSSR count). The summed E-state index contributed by atoms with van der Waals surface area (Å²) in [5.74, 6) is 0.176. The number of benzene rings is 1. The van der Waals surface area contributed by atoms with Gasteiger partial charge >= 0.3 is 0 Å². The van der Waals surface area contributed by atoms with Crippen LogP contribution in [0.4, 0.5) is 5.69 Å². The van der Waals surface area contributed by atoms with Crippen LogP contribution in [0.3, 0.4) is 0 Å². The van der Waals surface area contributed by atoms with E-state index in [0.29, 0.717) is 6.04 Å². The zero-order chi connectivity index (χ0) is 14.7. The van der Waals surface area contributed by atoms with E-state index in [0.717, 1.165) is 30.8 Å². The molecule has 1 saturated heterocycles. The molecule has 1 aromatic heterocycles. The summed E-state index contributed by atoms with van der Waals surface area (Å²) >= 11 is 0. The lowest BCUT2D eigenvalue weighted by Crippen LogP contribution is -2.40. The number of piperidine rings is 1. The van der Waals surface area contributed by atoms with Crippen LogP contribution in [-0.4, -0.2) is 28.3 Å². The van der Waals surface area contributed by atoms with Crippen molar-refractivity contribution in [2.24, 2.45) is 5.92 Å². The lowest BCUT2D eigenvalue weighted by molar-refractivity contribution is -0.120. The van der Waals surface area contributed by atoms with Crippen LogP contribution < -0.4 is 10.6 Å². The van der Waals surface area contributed by atoms with Crippen molar-refractivity contribution in [2.45, 2.75) is 25.8 Å². The standard InChI is InChI=1S/C16H20N4O.ClH/c1-12-11-13(7-9-17-12)16(21)19-14-5-2-3-6-15(14)20-10-4-8-18-20;/h2-6,8,10,12-13,17H,7,9,11H2,1H3,(H,19,21);1H/t12-,13-;/m0./s1. The Bertz CT molecular complexity index is 614. The second-order valence-corrected chi connectivity index (χ2v) is 5.53. The molecule has 2 N–H and O–H groups in total. The molecule has 1 amide bonds. The maximum absolute atomic E-state index is 12.5. The molecule has 5 nitrogen and oxygen atoms in total. The van der Waals surface area contributed by atoms with Gasteiger partial charge in [-0.15, -0.1) is 12.4 Å². The van der Waals surface area contributed by atoms with Gasteiger partial charge in [-0.05, 0) is 44.5 Å². The Balaban J connectivity index is 0.00000176. The van der Waals surface area contributed by atoms with E-state index < -0.39 is 0 Å². The molecule has 0 bridgehead atoms. The summed E-state index contributed by atoms with van der Waals surface area (Å²) in [6, 6.07) is 10.0. The monoisotopic (exact) mass is 320 g/mol. The third kappa shape index (κ3) is 3.67. The van der Waals surface area contributed by atoms with Crippen LogP contribution in [0.2, 0.25) is 0 Å². The minimum absolute atomic E-state index is 0. The smallest absolute Gasteiger partial charge is 0.227 e. The van der Waals surface area contributed by atoms with Gasteiger partial charge in [-0.1, -0.05) is 12.1 Å². The number of nitrogens with zero attached hydrogens (tertiary/aromatic N) is 2. The highest BCUT2D eigenvalue weighted by molar-refractivity contribution is 5.94. The van der Waals surface area contributed by atoms with Gasteiger partial charge in [-0.3, -0.25) is 4.79 Å². The van der Waals surface area contributed by atoms with E-state index in [2.05, 4.69) is 22.7 Å². The van der Waals surface area contributed by atoms with Crippen LogP contribution in [0.25, 0.3) is 5.69 Å². The molecule has 0 saturated carbocycles. The van der Waals surface area contributed by atoms with Gasteiger partial charge in [0.15, 0.2) is 0 Å². The zero-order valence-corrected chi connectivity index (χ0v) is 13.3. The van der Waals surface area contributed by atoms with Gasteiger partial charge < -0.3 is 10.6 Å². The summed E-state index contributed by atoms with van der Waals surface area (Å²) in [5.41, 5.74) is 1.69. The second-order valence-electron chi connectivity index (χ2n) is 5.53. The molecular formula is C16H21ClN4O. The van der Waals surface area contributed by atoms with Crippen LogP contribution in [0.1, 0.15) is 19.8 Å². The van der Waals surface area contributed by atoms with Gasteiger partial charge in [0.2, 0.25) is 5.91 Å². The maximum Gasteiger partial charge on any atom is 0.227 e. The number of carbonyl (C=O) groups excluding carboxylic acids is 1. The van der Waals surface area contributed by atoms with E-state index in [1.807, 2.05) is 36.5 Å². The van der Waals surface area contributed by atoms with Gasteiger partial charge in [-0.2, -0.15) is 5.10 Å². The molecule has 1 fully saturated rings. The highest BCUT2D eigenvalue weighted by Gasteiger charge is 2.25. The lowest BCUT2D eigenvalue weighted by Gasteiger charge is -2.27. The first-order chi connectivity index (χ1) is 10.2. The highest BCUT2D eigenvalue weighted by atomic mass is 35.5. The minimum Gasteiger partial charge on any atom is -0.324 e. The predicted molar refractivity (Wildman–Crippen MR) is 89.6 cm³/mol. The van der Waals surface area contributed by atoms with E-state index in [9.17, 15) is 4.79 Å². The maximum atomic E-state index is 12.5. The quantitative estimate of drug-likeness (QED) is 0.914. The first-order valence-electron chi connectivity index (χ1n) is 7.37. The summed E-state index contributed by atoms with van der Waals surface area (Å²) < 4.78 is 1.76.